The summed E-state index contributed by atoms with van der Waals surface area (Å²) in [5.41, 5.74) is 2.03. The zero-order chi connectivity index (χ0) is 11.9. The monoisotopic (exact) mass is 220 g/mol. The van der Waals surface area contributed by atoms with Gasteiger partial charge in [-0.25, -0.2) is 0 Å². The maximum Gasteiger partial charge on any atom is 0.292 e. The van der Waals surface area contributed by atoms with Gasteiger partial charge in [0.05, 0.1) is 4.92 Å². The summed E-state index contributed by atoms with van der Waals surface area (Å²) >= 11 is 0. The van der Waals surface area contributed by atoms with Crippen molar-refractivity contribution in [3.8, 4) is 0 Å². The third kappa shape index (κ3) is 1.87. The van der Waals surface area contributed by atoms with Crippen LogP contribution in [0.2, 0.25) is 0 Å². The van der Waals surface area contributed by atoms with Gasteiger partial charge in [0.1, 0.15) is 5.69 Å². The number of nitro groups is 1. The third-order valence-corrected chi connectivity index (χ3v) is 3.28. The summed E-state index contributed by atoms with van der Waals surface area (Å²) in [6.07, 6.45) is 1.07. The van der Waals surface area contributed by atoms with Crippen molar-refractivity contribution in [1.29, 1.82) is 0 Å². The fraction of sp³-hybridized carbons (Fsp3) is 0.500. The standard InChI is InChI=1S/C12H16N2O2/c1-8-5-4-6-9(14(15)16)11(8)13-10-7-12(10,2)3/h4-6,10,13H,7H2,1-3H3. The molecule has 2 rings (SSSR count). The largest absolute Gasteiger partial charge is 0.376 e. The number of hydrogen-bond donors (Lipinski definition) is 1. The molecule has 0 radical (unpaired) electrons. The van der Waals surface area contributed by atoms with Gasteiger partial charge in [-0.1, -0.05) is 26.0 Å². The third-order valence-electron chi connectivity index (χ3n) is 3.28. The Labute approximate surface area is 94.8 Å². The highest BCUT2D eigenvalue weighted by Gasteiger charge is 2.46. The first-order chi connectivity index (χ1) is 7.42. The molecule has 16 heavy (non-hydrogen) atoms. The van der Waals surface area contributed by atoms with Gasteiger partial charge < -0.3 is 5.32 Å². The lowest BCUT2D eigenvalue weighted by Crippen LogP contribution is -2.11. The molecule has 0 bridgehead atoms. The lowest BCUT2D eigenvalue weighted by molar-refractivity contribution is -0.384. The summed E-state index contributed by atoms with van der Waals surface area (Å²) < 4.78 is 0. The van der Waals surface area contributed by atoms with E-state index in [1.54, 1.807) is 12.1 Å². The Hall–Kier alpha value is -1.58. The second kappa shape index (κ2) is 3.47. The van der Waals surface area contributed by atoms with Crippen LogP contribution in [-0.2, 0) is 0 Å². The second-order valence-electron chi connectivity index (χ2n) is 5.12. The number of nitrogens with one attached hydrogen (secondary N) is 1. The molecule has 4 heteroatoms. The Bertz CT molecular complexity index is 441. The van der Waals surface area contributed by atoms with Crippen LogP contribution < -0.4 is 5.32 Å². The van der Waals surface area contributed by atoms with Crippen LogP contribution in [0.5, 0.6) is 0 Å². The smallest absolute Gasteiger partial charge is 0.292 e. The minimum Gasteiger partial charge on any atom is -0.376 e. The Morgan fingerprint density at radius 2 is 2.12 bits per heavy atom. The normalized spacial score (nSPS) is 21.6. The van der Waals surface area contributed by atoms with Crippen molar-refractivity contribution in [2.24, 2.45) is 5.41 Å². The Kier molecular flexibility index (Phi) is 2.37. The van der Waals surface area contributed by atoms with E-state index in [4.69, 9.17) is 0 Å². The summed E-state index contributed by atoms with van der Waals surface area (Å²) in [5.74, 6) is 0. The number of nitro benzene ring substituents is 1. The molecular weight excluding hydrogens is 204 g/mol. The van der Waals surface area contributed by atoms with E-state index in [1.165, 1.54) is 0 Å². The average molecular weight is 220 g/mol. The molecule has 0 aromatic heterocycles. The quantitative estimate of drug-likeness (QED) is 0.629. The fourth-order valence-electron chi connectivity index (χ4n) is 1.88. The number of rotatable bonds is 3. The number of hydrogen-bond acceptors (Lipinski definition) is 3. The van der Waals surface area contributed by atoms with E-state index in [2.05, 4.69) is 19.2 Å². The van der Waals surface area contributed by atoms with Crippen molar-refractivity contribution >= 4 is 11.4 Å². The van der Waals surface area contributed by atoms with Crippen molar-refractivity contribution in [2.45, 2.75) is 33.2 Å². The molecule has 0 amide bonds. The molecule has 1 aliphatic carbocycles. The molecule has 0 heterocycles. The molecule has 1 atom stereocenters. The van der Waals surface area contributed by atoms with Gasteiger partial charge in [0.25, 0.3) is 5.69 Å². The minimum absolute atomic E-state index is 0.169. The molecule has 1 aromatic rings. The topological polar surface area (TPSA) is 55.2 Å². The van der Waals surface area contributed by atoms with E-state index in [0.29, 0.717) is 11.7 Å². The highest BCUT2D eigenvalue weighted by Crippen LogP contribution is 2.47. The summed E-state index contributed by atoms with van der Waals surface area (Å²) in [6.45, 7) is 6.22. The van der Waals surface area contributed by atoms with Gasteiger partial charge in [-0.2, -0.15) is 0 Å². The van der Waals surface area contributed by atoms with E-state index in [9.17, 15) is 10.1 Å². The van der Waals surface area contributed by atoms with Gasteiger partial charge in [-0.05, 0) is 24.3 Å². The van der Waals surface area contributed by atoms with Crippen LogP contribution in [0.1, 0.15) is 25.8 Å². The molecule has 0 saturated heterocycles. The maximum absolute atomic E-state index is 10.9. The van der Waals surface area contributed by atoms with E-state index in [-0.39, 0.29) is 16.0 Å². The molecule has 86 valence electrons. The number of nitrogens with zero attached hydrogens (tertiary/aromatic N) is 1. The maximum atomic E-state index is 10.9. The molecule has 4 nitrogen and oxygen atoms in total. The Morgan fingerprint density at radius 1 is 1.50 bits per heavy atom. The van der Waals surface area contributed by atoms with Crippen molar-refractivity contribution in [3.63, 3.8) is 0 Å². The number of aryl methyl sites for hydroxylation is 1. The summed E-state index contributed by atoms with van der Waals surface area (Å²) in [4.78, 5) is 10.6. The van der Waals surface area contributed by atoms with E-state index >= 15 is 0 Å². The molecule has 1 aliphatic rings. The molecule has 0 aliphatic heterocycles. The first-order valence-electron chi connectivity index (χ1n) is 5.42. The Balaban J connectivity index is 2.29. The van der Waals surface area contributed by atoms with Gasteiger partial charge in [-0.15, -0.1) is 0 Å². The number of benzene rings is 1. The molecule has 1 N–H and O–H groups in total. The summed E-state index contributed by atoms with van der Waals surface area (Å²) in [6, 6.07) is 5.51. The highest BCUT2D eigenvalue weighted by molar-refractivity contribution is 5.67. The first-order valence-corrected chi connectivity index (χ1v) is 5.42. The van der Waals surface area contributed by atoms with Gasteiger partial charge in [0.2, 0.25) is 0 Å². The zero-order valence-electron chi connectivity index (χ0n) is 9.78. The van der Waals surface area contributed by atoms with E-state index in [0.717, 1.165) is 12.0 Å². The Morgan fingerprint density at radius 3 is 2.62 bits per heavy atom. The predicted octanol–water partition coefficient (Wildman–Crippen LogP) is 3.11. The molecule has 1 aromatic carbocycles. The van der Waals surface area contributed by atoms with Crippen molar-refractivity contribution in [1.82, 2.24) is 0 Å². The van der Waals surface area contributed by atoms with E-state index in [1.807, 2.05) is 13.0 Å². The summed E-state index contributed by atoms with van der Waals surface area (Å²) in [5, 5.41) is 14.2. The van der Waals surface area contributed by atoms with Crippen LogP contribution in [0.15, 0.2) is 18.2 Å². The molecule has 0 spiro atoms. The van der Waals surface area contributed by atoms with Gasteiger partial charge in [-0.3, -0.25) is 10.1 Å². The predicted molar refractivity (Wildman–Crippen MR) is 63.6 cm³/mol. The lowest BCUT2D eigenvalue weighted by atomic mass is 10.1. The fourth-order valence-corrected chi connectivity index (χ4v) is 1.88. The van der Waals surface area contributed by atoms with Crippen LogP contribution in [0.25, 0.3) is 0 Å². The molecular formula is C12H16N2O2. The van der Waals surface area contributed by atoms with Gasteiger partial charge in [0, 0.05) is 12.1 Å². The molecule has 1 fully saturated rings. The molecule has 1 unspecified atom stereocenters. The van der Waals surface area contributed by atoms with Crippen molar-refractivity contribution in [2.75, 3.05) is 5.32 Å². The zero-order valence-corrected chi connectivity index (χ0v) is 9.78. The second-order valence-corrected chi connectivity index (χ2v) is 5.12. The van der Waals surface area contributed by atoms with Gasteiger partial charge >= 0.3 is 0 Å². The minimum atomic E-state index is -0.329. The van der Waals surface area contributed by atoms with Crippen LogP contribution in [0, 0.1) is 22.5 Å². The van der Waals surface area contributed by atoms with Crippen LogP contribution >= 0.6 is 0 Å². The number of para-hydroxylation sites is 1. The first kappa shape index (κ1) is 10.9. The van der Waals surface area contributed by atoms with E-state index < -0.39 is 0 Å². The van der Waals surface area contributed by atoms with Crippen molar-refractivity contribution in [3.05, 3.63) is 33.9 Å². The summed E-state index contributed by atoms with van der Waals surface area (Å²) in [7, 11) is 0. The van der Waals surface area contributed by atoms with Crippen LogP contribution in [0.4, 0.5) is 11.4 Å². The lowest BCUT2D eigenvalue weighted by Gasteiger charge is -2.11. The average Bonchev–Trinajstić information content (AvgIpc) is 2.77. The van der Waals surface area contributed by atoms with Gasteiger partial charge in [0.15, 0.2) is 0 Å². The number of anilines is 1. The van der Waals surface area contributed by atoms with Crippen LogP contribution in [0.3, 0.4) is 0 Å². The highest BCUT2D eigenvalue weighted by atomic mass is 16.6. The molecule has 1 saturated carbocycles. The van der Waals surface area contributed by atoms with Crippen LogP contribution in [-0.4, -0.2) is 11.0 Å². The SMILES string of the molecule is Cc1cccc([N+](=O)[O-])c1NC1CC1(C)C. The van der Waals surface area contributed by atoms with Crippen molar-refractivity contribution < 1.29 is 4.92 Å².